The number of carbonyl (C=O) groups excluding carboxylic acids is 1. The van der Waals surface area contributed by atoms with Crippen molar-refractivity contribution in [2.75, 3.05) is 26.6 Å². The lowest BCUT2D eigenvalue weighted by atomic mass is 9.95. The third-order valence-corrected chi connectivity index (χ3v) is 5.01. The smallest absolute Gasteiger partial charge is 0.338 e. The molecule has 0 fully saturated rings. The monoisotopic (exact) mass is 406 g/mol. The van der Waals surface area contributed by atoms with E-state index in [0.29, 0.717) is 34.5 Å². The van der Waals surface area contributed by atoms with Crippen LogP contribution in [0.2, 0.25) is 0 Å². The maximum atomic E-state index is 12.7. The van der Waals surface area contributed by atoms with E-state index in [2.05, 4.69) is 10.3 Å². The van der Waals surface area contributed by atoms with Crippen LogP contribution in [0.3, 0.4) is 0 Å². The SMILES string of the molecule is COC(=O)C1=C(C)Nc2nc(-c3ccccc3)nn2C1c1ccc(OC)c(OC)c1. The number of benzene rings is 2. The molecule has 1 unspecified atom stereocenters. The number of hydrogen-bond donors (Lipinski definition) is 1. The highest BCUT2D eigenvalue weighted by atomic mass is 16.5. The van der Waals surface area contributed by atoms with Gasteiger partial charge in [-0.2, -0.15) is 4.98 Å². The van der Waals surface area contributed by atoms with Gasteiger partial charge < -0.3 is 19.5 Å². The molecule has 0 saturated carbocycles. The second-order valence-electron chi connectivity index (χ2n) is 6.74. The van der Waals surface area contributed by atoms with Crippen molar-refractivity contribution >= 4 is 11.9 Å². The zero-order valence-electron chi connectivity index (χ0n) is 17.2. The number of ether oxygens (including phenoxy) is 3. The van der Waals surface area contributed by atoms with Crippen LogP contribution >= 0.6 is 0 Å². The fourth-order valence-corrected chi connectivity index (χ4v) is 3.57. The Kier molecular flexibility index (Phi) is 5.14. The molecule has 1 aliphatic heterocycles. The summed E-state index contributed by atoms with van der Waals surface area (Å²) in [6.45, 7) is 1.82. The van der Waals surface area contributed by atoms with Crippen molar-refractivity contribution in [2.45, 2.75) is 13.0 Å². The maximum absolute atomic E-state index is 12.7. The van der Waals surface area contributed by atoms with Crippen molar-refractivity contribution in [1.29, 1.82) is 0 Å². The molecule has 0 radical (unpaired) electrons. The molecule has 0 saturated heterocycles. The van der Waals surface area contributed by atoms with Crippen molar-refractivity contribution in [2.24, 2.45) is 0 Å². The molecule has 3 aromatic rings. The van der Waals surface area contributed by atoms with Crippen LogP contribution in [-0.4, -0.2) is 42.1 Å². The summed E-state index contributed by atoms with van der Waals surface area (Å²) in [6.07, 6.45) is 0. The van der Waals surface area contributed by atoms with Crippen molar-refractivity contribution in [3.05, 3.63) is 65.4 Å². The molecule has 0 amide bonds. The molecule has 8 heteroatoms. The normalized spacial score (nSPS) is 15.3. The molecular formula is C22H22N4O4. The van der Waals surface area contributed by atoms with E-state index < -0.39 is 12.0 Å². The zero-order valence-corrected chi connectivity index (χ0v) is 17.2. The Morgan fingerprint density at radius 2 is 1.77 bits per heavy atom. The van der Waals surface area contributed by atoms with Crippen LogP contribution < -0.4 is 14.8 Å². The van der Waals surface area contributed by atoms with Gasteiger partial charge in [0.05, 0.1) is 26.9 Å². The van der Waals surface area contributed by atoms with Gasteiger partial charge in [0.2, 0.25) is 5.95 Å². The lowest BCUT2D eigenvalue weighted by Gasteiger charge is -2.28. The van der Waals surface area contributed by atoms with Gasteiger partial charge in [-0.15, -0.1) is 5.10 Å². The molecule has 4 rings (SSSR count). The average molecular weight is 406 g/mol. The van der Waals surface area contributed by atoms with Crippen molar-refractivity contribution in [3.63, 3.8) is 0 Å². The molecule has 1 aromatic heterocycles. The van der Waals surface area contributed by atoms with E-state index >= 15 is 0 Å². The van der Waals surface area contributed by atoms with Crippen LogP contribution in [-0.2, 0) is 9.53 Å². The van der Waals surface area contributed by atoms with Gasteiger partial charge in [-0.3, -0.25) is 0 Å². The molecule has 2 heterocycles. The quantitative estimate of drug-likeness (QED) is 0.650. The van der Waals surface area contributed by atoms with E-state index in [-0.39, 0.29) is 0 Å². The van der Waals surface area contributed by atoms with Crippen molar-refractivity contribution in [3.8, 4) is 22.9 Å². The third-order valence-electron chi connectivity index (χ3n) is 5.01. The Labute approximate surface area is 174 Å². The molecule has 0 spiro atoms. The van der Waals surface area contributed by atoms with E-state index in [1.54, 1.807) is 25.0 Å². The number of anilines is 1. The molecule has 8 nitrogen and oxygen atoms in total. The zero-order chi connectivity index (χ0) is 21.3. The van der Waals surface area contributed by atoms with E-state index in [1.807, 2.05) is 49.4 Å². The van der Waals surface area contributed by atoms with Crippen LogP contribution in [0, 0.1) is 0 Å². The second-order valence-corrected chi connectivity index (χ2v) is 6.74. The second kappa shape index (κ2) is 7.90. The van der Waals surface area contributed by atoms with Crippen LogP contribution in [0.5, 0.6) is 11.5 Å². The summed E-state index contributed by atoms with van der Waals surface area (Å²) in [4.78, 5) is 17.3. The Bertz CT molecular complexity index is 1120. The van der Waals surface area contributed by atoms with E-state index in [4.69, 9.17) is 19.3 Å². The predicted molar refractivity (Wildman–Crippen MR) is 111 cm³/mol. The minimum atomic E-state index is -0.543. The number of nitrogens with one attached hydrogen (secondary N) is 1. The summed E-state index contributed by atoms with van der Waals surface area (Å²) in [7, 11) is 4.51. The molecule has 154 valence electrons. The number of methoxy groups -OCH3 is 3. The lowest BCUT2D eigenvalue weighted by molar-refractivity contribution is -0.136. The first kappa shape index (κ1) is 19.5. The number of rotatable bonds is 5. The fourth-order valence-electron chi connectivity index (χ4n) is 3.57. The molecule has 0 aliphatic carbocycles. The van der Waals surface area contributed by atoms with Gasteiger partial charge in [0.1, 0.15) is 6.04 Å². The number of fused-ring (bicyclic) bond motifs is 1. The van der Waals surface area contributed by atoms with Crippen LogP contribution in [0.4, 0.5) is 5.95 Å². The summed E-state index contributed by atoms with van der Waals surface area (Å²) < 4.78 is 17.6. The predicted octanol–water partition coefficient (Wildman–Crippen LogP) is 3.42. The van der Waals surface area contributed by atoms with E-state index in [1.165, 1.54) is 7.11 Å². The first-order chi connectivity index (χ1) is 14.6. The molecule has 0 bridgehead atoms. The van der Waals surface area contributed by atoms with E-state index in [9.17, 15) is 4.79 Å². The summed E-state index contributed by atoms with van der Waals surface area (Å²) in [5.41, 5.74) is 2.77. The van der Waals surface area contributed by atoms with Crippen molar-refractivity contribution < 1.29 is 19.0 Å². The molecule has 2 aromatic carbocycles. The summed E-state index contributed by atoms with van der Waals surface area (Å²) in [6, 6.07) is 14.6. The van der Waals surface area contributed by atoms with Gasteiger partial charge in [0.25, 0.3) is 0 Å². The van der Waals surface area contributed by atoms with Gasteiger partial charge in [-0.05, 0) is 24.6 Å². The van der Waals surface area contributed by atoms with Crippen LogP contribution in [0.15, 0.2) is 59.8 Å². The van der Waals surface area contributed by atoms with Gasteiger partial charge >= 0.3 is 5.97 Å². The summed E-state index contributed by atoms with van der Waals surface area (Å²) >= 11 is 0. The number of allylic oxidation sites excluding steroid dienone is 1. The number of esters is 1. The van der Waals surface area contributed by atoms with Gasteiger partial charge in [0.15, 0.2) is 17.3 Å². The summed E-state index contributed by atoms with van der Waals surface area (Å²) in [5.74, 6) is 1.81. The number of hydrogen-bond acceptors (Lipinski definition) is 7. The maximum Gasteiger partial charge on any atom is 0.338 e. The minimum Gasteiger partial charge on any atom is -0.493 e. The van der Waals surface area contributed by atoms with Gasteiger partial charge in [0, 0.05) is 11.3 Å². The highest BCUT2D eigenvalue weighted by molar-refractivity contribution is 5.92. The van der Waals surface area contributed by atoms with Gasteiger partial charge in [-0.1, -0.05) is 36.4 Å². The lowest BCUT2D eigenvalue weighted by Crippen LogP contribution is -2.29. The Hall–Kier alpha value is -3.81. The highest BCUT2D eigenvalue weighted by Gasteiger charge is 2.35. The first-order valence-electron chi connectivity index (χ1n) is 9.37. The van der Waals surface area contributed by atoms with Crippen molar-refractivity contribution in [1.82, 2.24) is 14.8 Å². The van der Waals surface area contributed by atoms with E-state index in [0.717, 1.165) is 11.1 Å². The fraction of sp³-hybridized carbons (Fsp3) is 0.227. The largest absolute Gasteiger partial charge is 0.493 e. The Morgan fingerprint density at radius 1 is 1.03 bits per heavy atom. The average Bonchev–Trinajstić information content (AvgIpc) is 3.21. The molecule has 30 heavy (non-hydrogen) atoms. The van der Waals surface area contributed by atoms with Crippen LogP contribution in [0.1, 0.15) is 18.5 Å². The van der Waals surface area contributed by atoms with Crippen LogP contribution in [0.25, 0.3) is 11.4 Å². The molecule has 1 atom stereocenters. The number of nitrogens with zero attached hydrogens (tertiary/aromatic N) is 3. The number of aromatic nitrogens is 3. The standard InChI is InChI=1S/C22H22N4O4/c1-13-18(21(27)30-4)19(15-10-11-16(28-2)17(12-15)29-3)26-22(23-13)24-20(25-26)14-8-6-5-7-9-14/h5-12,19H,1-4H3,(H,23,24,25). The number of carbonyl (C=O) groups is 1. The molecular weight excluding hydrogens is 384 g/mol. The van der Waals surface area contributed by atoms with Gasteiger partial charge in [-0.25, -0.2) is 9.48 Å². The minimum absolute atomic E-state index is 0.442. The third kappa shape index (κ3) is 3.26. The summed E-state index contributed by atoms with van der Waals surface area (Å²) in [5, 5.41) is 7.89. The Balaban J connectivity index is 1.89. The molecule has 1 N–H and O–H groups in total. The topological polar surface area (TPSA) is 87.5 Å². The molecule has 1 aliphatic rings. The Morgan fingerprint density at radius 3 is 2.43 bits per heavy atom. The highest BCUT2D eigenvalue weighted by Crippen LogP contribution is 2.39. The first-order valence-corrected chi connectivity index (χ1v) is 9.37.